The van der Waals surface area contributed by atoms with E-state index in [0.717, 1.165) is 12.8 Å². The van der Waals surface area contributed by atoms with Crippen molar-refractivity contribution in [2.24, 2.45) is 11.8 Å². The van der Waals surface area contributed by atoms with Crippen molar-refractivity contribution in [1.82, 2.24) is 0 Å². The van der Waals surface area contributed by atoms with Gasteiger partial charge in [-0.2, -0.15) is 0 Å². The number of ether oxygens (including phenoxy) is 1. The number of carbonyl (C=O) groups is 2. The Morgan fingerprint density at radius 3 is 2.16 bits per heavy atom. The summed E-state index contributed by atoms with van der Waals surface area (Å²) in [5.74, 6) is 1.58. The van der Waals surface area contributed by atoms with Crippen molar-refractivity contribution in [2.75, 3.05) is 0 Å². The van der Waals surface area contributed by atoms with Crippen LogP contribution in [-0.2, 0) is 14.3 Å². The van der Waals surface area contributed by atoms with Gasteiger partial charge in [0.2, 0.25) is 0 Å². The van der Waals surface area contributed by atoms with Crippen molar-refractivity contribution in [2.45, 2.75) is 65.9 Å². The lowest BCUT2D eigenvalue weighted by Crippen LogP contribution is -2.32. The Labute approximate surface area is 117 Å². The highest BCUT2D eigenvalue weighted by molar-refractivity contribution is 5.97. The molecule has 0 heterocycles. The summed E-state index contributed by atoms with van der Waals surface area (Å²) in [4.78, 5) is 23.5. The quantitative estimate of drug-likeness (QED) is 0.403. The third-order valence-corrected chi connectivity index (χ3v) is 2.86. The molecule has 108 valence electrons. The number of esters is 1. The molecule has 19 heavy (non-hydrogen) atoms. The average molecular weight is 266 g/mol. The predicted molar refractivity (Wildman–Crippen MR) is 76.5 cm³/mol. The second-order valence-electron chi connectivity index (χ2n) is 5.93. The van der Waals surface area contributed by atoms with Gasteiger partial charge in [-0.25, -0.2) is 0 Å². The minimum Gasteiger partial charge on any atom is -0.459 e. The van der Waals surface area contributed by atoms with Crippen LogP contribution in [0.3, 0.4) is 0 Å². The fraction of sp³-hybridized carbons (Fsp3) is 0.750. The van der Waals surface area contributed by atoms with Crippen molar-refractivity contribution in [1.29, 1.82) is 0 Å². The van der Waals surface area contributed by atoms with Crippen LogP contribution in [0.15, 0.2) is 0 Å². The van der Waals surface area contributed by atoms with Gasteiger partial charge < -0.3 is 4.74 Å². The van der Waals surface area contributed by atoms with Crippen LogP contribution in [0.2, 0.25) is 0 Å². The Balaban J connectivity index is 4.55. The maximum absolute atomic E-state index is 12.0. The summed E-state index contributed by atoms with van der Waals surface area (Å²) >= 11 is 0. The summed E-state index contributed by atoms with van der Waals surface area (Å²) < 4.78 is 5.28. The molecule has 0 aromatic rings. The van der Waals surface area contributed by atoms with Crippen molar-refractivity contribution in [3.05, 3.63) is 0 Å². The molecule has 0 spiro atoms. The maximum Gasteiger partial charge on any atom is 0.316 e. The molecule has 0 fully saturated rings. The van der Waals surface area contributed by atoms with Crippen LogP contribution < -0.4 is 0 Å². The van der Waals surface area contributed by atoms with E-state index in [1.807, 2.05) is 0 Å². The van der Waals surface area contributed by atoms with Gasteiger partial charge in [0.1, 0.15) is 17.3 Å². The lowest BCUT2D eigenvalue weighted by atomic mass is 9.91. The topological polar surface area (TPSA) is 43.4 Å². The zero-order valence-electron chi connectivity index (χ0n) is 12.8. The minimum atomic E-state index is -0.688. The van der Waals surface area contributed by atoms with E-state index >= 15 is 0 Å². The highest BCUT2D eigenvalue weighted by Gasteiger charge is 2.28. The summed E-state index contributed by atoms with van der Waals surface area (Å²) in [7, 11) is 0. The van der Waals surface area contributed by atoms with Crippen molar-refractivity contribution >= 4 is 11.8 Å². The zero-order chi connectivity index (χ0) is 15.1. The Hall–Kier alpha value is -1.30. The van der Waals surface area contributed by atoms with Crippen molar-refractivity contribution in [3.8, 4) is 12.3 Å². The standard InChI is InChI=1S/C16H26O3/c1-7-9-13(8-2)10-11-14(12(3)17)15(18)19-16(4,5)6/h2,13-14H,7,9-11H2,1,3-6H3. The van der Waals surface area contributed by atoms with Gasteiger partial charge in [0.15, 0.2) is 0 Å². The highest BCUT2D eigenvalue weighted by atomic mass is 16.6. The molecule has 0 amide bonds. The van der Waals surface area contributed by atoms with Gasteiger partial charge >= 0.3 is 5.97 Å². The molecule has 0 aliphatic rings. The van der Waals surface area contributed by atoms with Gasteiger partial charge in [-0.3, -0.25) is 9.59 Å². The molecule has 0 saturated carbocycles. The summed E-state index contributed by atoms with van der Waals surface area (Å²) in [5, 5.41) is 0. The molecule has 0 aromatic carbocycles. The molecule has 0 aliphatic carbocycles. The van der Waals surface area contributed by atoms with Gasteiger partial charge in [0, 0.05) is 5.92 Å². The van der Waals surface area contributed by atoms with E-state index in [9.17, 15) is 9.59 Å². The van der Waals surface area contributed by atoms with E-state index in [1.54, 1.807) is 20.8 Å². The van der Waals surface area contributed by atoms with Crippen LogP contribution in [0.5, 0.6) is 0 Å². The maximum atomic E-state index is 12.0. The van der Waals surface area contributed by atoms with Gasteiger partial charge in [-0.1, -0.05) is 13.3 Å². The first-order valence-corrected chi connectivity index (χ1v) is 6.90. The van der Waals surface area contributed by atoms with E-state index < -0.39 is 17.5 Å². The molecule has 0 bridgehead atoms. The molecule has 0 saturated heterocycles. The summed E-state index contributed by atoms with van der Waals surface area (Å²) in [6.45, 7) is 8.89. The number of ketones is 1. The minimum absolute atomic E-state index is 0.134. The fourth-order valence-corrected chi connectivity index (χ4v) is 1.89. The van der Waals surface area contributed by atoms with Gasteiger partial charge in [-0.05, 0) is 47.0 Å². The Morgan fingerprint density at radius 1 is 1.21 bits per heavy atom. The van der Waals surface area contributed by atoms with E-state index in [1.165, 1.54) is 6.92 Å². The smallest absolute Gasteiger partial charge is 0.316 e. The van der Waals surface area contributed by atoms with E-state index in [4.69, 9.17) is 11.2 Å². The third kappa shape index (κ3) is 7.66. The third-order valence-electron chi connectivity index (χ3n) is 2.86. The second-order valence-corrected chi connectivity index (χ2v) is 5.93. The summed E-state index contributed by atoms with van der Waals surface area (Å²) in [5.41, 5.74) is -0.570. The van der Waals surface area contributed by atoms with Crippen LogP contribution in [-0.4, -0.2) is 17.4 Å². The van der Waals surface area contributed by atoms with Gasteiger partial charge in [0.05, 0.1) is 0 Å². The first-order chi connectivity index (χ1) is 8.71. The fourth-order valence-electron chi connectivity index (χ4n) is 1.89. The molecule has 0 aliphatic heterocycles. The second kappa shape index (κ2) is 7.99. The average Bonchev–Trinajstić information content (AvgIpc) is 2.24. The van der Waals surface area contributed by atoms with Gasteiger partial charge in [0.25, 0.3) is 0 Å². The first kappa shape index (κ1) is 17.7. The van der Waals surface area contributed by atoms with E-state index in [2.05, 4.69) is 12.8 Å². The Kier molecular flexibility index (Phi) is 7.44. The Morgan fingerprint density at radius 2 is 1.79 bits per heavy atom. The SMILES string of the molecule is C#CC(CCC)CCC(C(C)=O)C(=O)OC(C)(C)C. The number of hydrogen-bond acceptors (Lipinski definition) is 3. The molecule has 3 nitrogen and oxygen atoms in total. The monoisotopic (exact) mass is 266 g/mol. The molecular weight excluding hydrogens is 240 g/mol. The number of terminal acetylenes is 1. The molecule has 0 radical (unpaired) electrons. The van der Waals surface area contributed by atoms with Crippen LogP contribution in [0.25, 0.3) is 0 Å². The number of hydrogen-bond donors (Lipinski definition) is 0. The van der Waals surface area contributed by atoms with Crippen LogP contribution in [0, 0.1) is 24.2 Å². The number of carbonyl (C=O) groups excluding carboxylic acids is 2. The highest BCUT2D eigenvalue weighted by Crippen LogP contribution is 2.20. The van der Waals surface area contributed by atoms with Crippen LogP contribution in [0.4, 0.5) is 0 Å². The van der Waals surface area contributed by atoms with E-state index in [-0.39, 0.29) is 11.7 Å². The van der Waals surface area contributed by atoms with Crippen LogP contribution >= 0.6 is 0 Å². The summed E-state index contributed by atoms with van der Waals surface area (Å²) in [6, 6.07) is 0. The molecule has 2 atom stereocenters. The number of rotatable bonds is 7. The van der Waals surface area contributed by atoms with Crippen LogP contribution in [0.1, 0.15) is 60.3 Å². The van der Waals surface area contributed by atoms with E-state index in [0.29, 0.717) is 12.8 Å². The lowest BCUT2D eigenvalue weighted by molar-refractivity contribution is -0.162. The van der Waals surface area contributed by atoms with Gasteiger partial charge in [-0.15, -0.1) is 12.3 Å². The molecule has 2 unspecified atom stereocenters. The lowest BCUT2D eigenvalue weighted by Gasteiger charge is -2.23. The predicted octanol–water partition coefficient (Wildman–Crippen LogP) is 3.36. The Bertz CT molecular complexity index is 344. The van der Waals surface area contributed by atoms with Crippen molar-refractivity contribution < 1.29 is 14.3 Å². The first-order valence-electron chi connectivity index (χ1n) is 6.90. The molecule has 0 aromatic heterocycles. The molecule has 0 N–H and O–H groups in total. The molecule has 3 heteroatoms. The normalized spacial score (nSPS) is 14.3. The number of Topliss-reactive ketones (excluding diaryl/α,β-unsaturated/α-hetero) is 1. The zero-order valence-corrected chi connectivity index (χ0v) is 12.8. The summed E-state index contributed by atoms with van der Waals surface area (Å²) in [6.07, 6.45) is 8.54. The molecular formula is C16H26O3. The van der Waals surface area contributed by atoms with Crippen molar-refractivity contribution in [3.63, 3.8) is 0 Å². The largest absolute Gasteiger partial charge is 0.459 e. The molecule has 0 rings (SSSR count).